The van der Waals surface area contributed by atoms with Crippen molar-refractivity contribution in [2.45, 2.75) is 13.3 Å². The quantitative estimate of drug-likeness (QED) is 0.376. The molecule has 0 bridgehead atoms. The molecule has 0 saturated carbocycles. The van der Waals surface area contributed by atoms with Crippen molar-refractivity contribution in [3.05, 3.63) is 77.0 Å². The van der Waals surface area contributed by atoms with Crippen LogP contribution in [-0.2, 0) is 23.8 Å². The van der Waals surface area contributed by atoms with Gasteiger partial charge in [0.15, 0.2) is 0 Å². The third-order valence-corrected chi connectivity index (χ3v) is 5.14. The van der Waals surface area contributed by atoms with Crippen LogP contribution in [-0.4, -0.2) is 63.1 Å². The number of allylic oxidation sites excluding steroid dienone is 1. The Balaban J connectivity index is 2.28. The Morgan fingerprint density at radius 3 is 2.22 bits per heavy atom. The van der Waals surface area contributed by atoms with Gasteiger partial charge in [-0.15, -0.1) is 0 Å². The zero-order valence-electron chi connectivity index (χ0n) is 18.7. The second kappa shape index (κ2) is 11.2. The van der Waals surface area contributed by atoms with Crippen LogP contribution in [0.15, 0.2) is 70.9 Å². The van der Waals surface area contributed by atoms with Crippen LogP contribution in [0.5, 0.6) is 0 Å². The van der Waals surface area contributed by atoms with Gasteiger partial charge in [0.05, 0.1) is 56.5 Å². The lowest BCUT2D eigenvalue weighted by molar-refractivity contribution is -0.143. The van der Waals surface area contributed by atoms with E-state index in [4.69, 9.17) is 19.2 Å². The van der Waals surface area contributed by atoms with Gasteiger partial charge in [0.1, 0.15) is 0 Å². The molecule has 0 amide bonds. The number of methoxy groups -OCH3 is 2. The molecule has 7 nitrogen and oxygen atoms in total. The lowest BCUT2D eigenvalue weighted by Gasteiger charge is -2.33. The highest BCUT2D eigenvalue weighted by molar-refractivity contribution is 6.17. The van der Waals surface area contributed by atoms with Gasteiger partial charge in [0.2, 0.25) is 0 Å². The van der Waals surface area contributed by atoms with E-state index in [1.807, 2.05) is 66.4 Å². The molecule has 1 aliphatic rings. The first-order valence-electron chi connectivity index (χ1n) is 10.5. The normalized spacial score (nSPS) is 15.1. The lowest BCUT2D eigenvalue weighted by atomic mass is 9.99. The molecule has 1 fully saturated rings. The SMILES string of the molecule is COC(=O)C/C(C(=O)OC)=C(/C(=Nc1ccc(C)cc1)c1ccccc1)N1CCOCC1. The number of rotatable bonds is 7. The molecule has 2 aromatic rings. The number of morpholine rings is 1. The van der Waals surface area contributed by atoms with Crippen molar-refractivity contribution in [1.29, 1.82) is 0 Å². The Morgan fingerprint density at radius 2 is 1.62 bits per heavy atom. The number of esters is 2. The fraction of sp³-hybridized carbons (Fsp3) is 0.320. The maximum Gasteiger partial charge on any atom is 0.336 e. The topological polar surface area (TPSA) is 77.4 Å². The summed E-state index contributed by atoms with van der Waals surface area (Å²) in [7, 11) is 2.60. The molecule has 32 heavy (non-hydrogen) atoms. The van der Waals surface area contributed by atoms with Crippen LogP contribution in [0.3, 0.4) is 0 Å². The summed E-state index contributed by atoms with van der Waals surface area (Å²) in [5.74, 6) is -1.12. The fourth-order valence-corrected chi connectivity index (χ4v) is 3.46. The summed E-state index contributed by atoms with van der Waals surface area (Å²) in [5, 5.41) is 0. The van der Waals surface area contributed by atoms with Gasteiger partial charge in [-0.05, 0) is 19.1 Å². The van der Waals surface area contributed by atoms with Crippen LogP contribution in [0.4, 0.5) is 5.69 Å². The van der Waals surface area contributed by atoms with E-state index in [9.17, 15) is 9.59 Å². The number of nitrogens with zero attached hydrogens (tertiary/aromatic N) is 2. The monoisotopic (exact) mass is 436 g/mol. The standard InChI is InChI=1S/C25H28N2O5/c1-18-9-11-20(12-10-18)26-23(19-7-5-4-6-8-19)24(27-13-15-32-16-14-27)21(25(29)31-3)17-22(28)30-2/h4-12H,13-17H2,1-3H3/b24-21+,26-23?. The predicted molar refractivity (Wildman–Crippen MR) is 122 cm³/mol. The molecule has 3 rings (SSSR count). The predicted octanol–water partition coefficient (Wildman–Crippen LogP) is 3.44. The zero-order valence-corrected chi connectivity index (χ0v) is 18.7. The van der Waals surface area contributed by atoms with E-state index in [-0.39, 0.29) is 12.0 Å². The van der Waals surface area contributed by atoms with Crippen molar-refractivity contribution in [3.63, 3.8) is 0 Å². The summed E-state index contributed by atoms with van der Waals surface area (Å²) in [6.45, 7) is 4.12. The summed E-state index contributed by atoms with van der Waals surface area (Å²) in [5.41, 5.74) is 4.02. The Labute approximate surface area is 188 Å². The molecule has 0 radical (unpaired) electrons. The third kappa shape index (κ3) is 5.82. The van der Waals surface area contributed by atoms with Gasteiger partial charge in [-0.1, -0.05) is 48.0 Å². The van der Waals surface area contributed by atoms with Gasteiger partial charge >= 0.3 is 11.9 Å². The Bertz CT molecular complexity index is 991. The van der Waals surface area contributed by atoms with E-state index in [0.29, 0.717) is 37.7 Å². The van der Waals surface area contributed by atoms with E-state index < -0.39 is 11.9 Å². The molecule has 1 heterocycles. The van der Waals surface area contributed by atoms with Gasteiger partial charge < -0.3 is 19.1 Å². The first-order chi connectivity index (χ1) is 15.5. The molecule has 0 N–H and O–H groups in total. The van der Waals surface area contributed by atoms with E-state index in [2.05, 4.69) is 0 Å². The molecule has 2 aromatic carbocycles. The average Bonchev–Trinajstić information content (AvgIpc) is 2.84. The van der Waals surface area contributed by atoms with E-state index >= 15 is 0 Å². The molecular formula is C25H28N2O5. The fourth-order valence-electron chi connectivity index (χ4n) is 3.46. The highest BCUT2D eigenvalue weighted by Crippen LogP contribution is 2.26. The van der Waals surface area contributed by atoms with Gasteiger partial charge in [-0.2, -0.15) is 0 Å². The van der Waals surface area contributed by atoms with Crippen molar-refractivity contribution < 1.29 is 23.8 Å². The van der Waals surface area contributed by atoms with Crippen molar-refractivity contribution in [2.75, 3.05) is 40.5 Å². The molecule has 7 heteroatoms. The molecule has 0 aromatic heterocycles. The number of aliphatic imine (C=N–C) groups is 1. The van der Waals surface area contributed by atoms with Crippen LogP contribution >= 0.6 is 0 Å². The van der Waals surface area contributed by atoms with E-state index in [0.717, 1.165) is 16.8 Å². The highest BCUT2D eigenvalue weighted by atomic mass is 16.5. The smallest absolute Gasteiger partial charge is 0.336 e. The second-order valence-corrected chi connectivity index (χ2v) is 7.33. The molecular weight excluding hydrogens is 408 g/mol. The molecule has 0 atom stereocenters. The highest BCUT2D eigenvalue weighted by Gasteiger charge is 2.29. The van der Waals surface area contributed by atoms with Crippen LogP contribution in [0, 0.1) is 6.92 Å². The third-order valence-electron chi connectivity index (χ3n) is 5.14. The molecule has 0 aliphatic carbocycles. The maximum absolute atomic E-state index is 12.9. The summed E-state index contributed by atoms with van der Waals surface area (Å²) in [6.07, 6.45) is -0.227. The van der Waals surface area contributed by atoms with Gasteiger partial charge in [0, 0.05) is 18.7 Å². The molecule has 0 unspecified atom stereocenters. The first-order valence-corrected chi connectivity index (χ1v) is 10.5. The average molecular weight is 437 g/mol. The van der Waals surface area contributed by atoms with Crippen LogP contribution in [0.1, 0.15) is 17.5 Å². The number of hydrogen-bond acceptors (Lipinski definition) is 7. The number of ether oxygens (including phenoxy) is 3. The summed E-state index contributed by atoms with van der Waals surface area (Å²) in [6, 6.07) is 17.4. The van der Waals surface area contributed by atoms with Crippen molar-refractivity contribution in [3.8, 4) is 0 Å². The number of aryl methyl sites for hydroxylation is 1. The van der Waals surface area contributed by atoms with Crippen molar-refractivity contribution in [2.24, 2.45) is 4.99 Å². The molecule has 1 saturated heterocycles. The van der Waals surface area contributed by atoms with Crippen LogP contribution in [0.25, 0.3) is 0 Å². The first kappa shape index (κ1) is 23.2. The minimum atomic E-state index is -0.593. The number of carbonyl (C=O) groups excluding carboxylic acids is 2. The largest absolute Gasteiger partial charge is 0.469 e. The lowest BCUT2D eigenvalue weighted by Crippen LogP contribution is -2.40. The van der Waals surface area contributed by atoms with Gasteiger partial charge in [0.25, 0.3) is 0 Å². The van der Waals surface area contributed by atoms with E-state index in [1.165, 1.54) is 14.2 Å². The Kier molecular flexibility index (Phi) is 8.16. The molecule has 168 valence electrons. The van der Waals surface area contributed by atoms with Gasteiger partial charge in [-0.3, -0.25) is 4.79 Å². The summed E-state index contributed by atoms with van der Waals surface area (Å²) >= 11 is 0. The summed E-state index contributed by atoms with van der Waals surface area (Å²) in [4.78, 5) is 32.1. The summed E-state index contributed by atoms with van der Waals surface area (Å²) < 4.78 is 15.5. The van der Waals surface area contributed by atoms with Crippen LogP contribution in [0.2, 0.25) is 0 Å². The molecule has 0 spiro atoms. The Hall–Kier alpha value is -3.45. The maximum atomic E-state index is 12.9. The second-order valence-electron chi connectivity index (χ2n) is 7.33. The number of carbonyl (C=O) groups is 2. The molecule has 1 aliphatic heterocycles. The zero-order chi connectivity index (χ0) is 22.9. The van der Waals surface area contributed by atoms with E-state index in [1.54, 1.807) is 0 Å². The Morgan fingerprint density at radius 1 is 0.969 bits per heavy atom. The van der Waals surface area contributed by atoms with Crippen molar-refractivity contribution in [1.82, 2.24) is 4.90 Å². The number of hydrogen-bond donors (Lipinski definition) is 0. The van der Waals surface area contributed by atoms with Gasteiger partial charge in [-0.25, -0.2) is 9.79 Å². The van der Waals surface area contributed by atoms with Crippen molar-refractivity contribution >= 4 is 23.3 Å². The minimum absolute atomic E-state index is 0.205. The van der Waals surface area contributed by atoms with Crippen LogP contribution < -0.4 is 0 Å². The number of benzene rings is 2. The minimum Gasteiger partial charge on any atom is -0.469 e.